The second-order valence-electron chi connectivity index (χ2n) is 8.76. The van der Waals surface area contributed by atoms with Gasteiger partial charge in [-0.25, -0.2) is 13.1 Å². The Morgan fingerprint density at radius 3 is 2.29 bits per heavy atom. The van der Waals surface area contributed by atoms with Gasteiger partial charge in [-0.15, -0.1) is 0 Å². The Bertz CT molecular complexity index is 752. The van der Waals surface area contributed by atoms with E-state index in [1.54, 1.807) is 12.1 Å². The van der Waals surface area contributed by atoms with E-state index in [2.05, 4.69) is 17.0 Å². The summed E-state index contributed by atoms with van der Waals surface area (Å²) in [5.41, 5.74) is 1.04. The molecule has 2 unspecified atom stereocenters. The molecule has 1 aromatic carbocycles. The third-order valence-electron chi connectivity index (χ3n) is 6.55. The fourth-order valence-corrected chi connectivity index (χ4v) is 5.60. The van der Waals surface area contributed by atoms with Crippen molar-refractivity contribution >= 4 is 15.9 Å². The maximum absolute atomic E-state index is 12.6. The van der Waals surface area contributed by atoms with Crippen molar-refractivity contribution in [3.63, 3.8) is 0 Å². The number of benzene rings is 1. The minimum atomic E-state index is -3.46. The van der Waals surface area contributed by atoms with Gasteiger partial charge in [0.1, 0.15) is 0 Å². The Morgan fingerprint density at radius 2 is 1.64 bits per heavy atom. The molecular weight excluding hydrogens is 372 g/mol. The molecule has 2 saturated carbocycles. The molecule has 3 rings (SSSR count). The molecule has 2 N–H and O–H groups in total. The zero-order valence-electron chi connectivity index (χ0n) is 17.1. The minimum Gasteiger partial charge on any atom is -0.353 e. The molecule has 2 aliphatic rings. The van der Waals surface area contributed by atoms with E-state index in [9.17, 15) is 13.2 Å². The molecule has 2 aliphatic carbocycles. The van der Waals surface area contributed by atoms with Gasteiger partial charge in [0.15, 0.2) is 0 Å². The predicted octanol–water partition coefficient (Wildman–Crippen LogP) is 3.77. The van der Waals surface area contributed by atoms with Crippen LogP contribution in [-0.2, 0) is 14.8 Å². The Hall–Kier alpha value is -1.40. The number of nitrogens with one attached hydrogen (secondary N) is 2. The predicted molar refractivity (Wildman–Crippen MR) is 111 cm³/mol. The van der Waals surface area contributed by atoms with E-state index in [-0.39, 0.29) is 11.8 Å². The van der Waals surface area contributed by atoms with Gasteiger partial charge in [-0.2, -0.15) is 0 Å². The van der Waals surface area contributed by atoms with Crippen LogP contribution in [0, 0.1) is 24.7 Å². The summed E-state index contributed by atoms with van der Waals surface area (Å²) >= 11 is 0. The van der Waals surface area contributed by atoms with Crippen molar-refractivity contribution in [2.24, 2.45) is 17.8 Å². The third-order valence-corrected chi connectivity index (χ3v) is 7.99. The highest BCUT2D eigenvalue weighted by Crippen LogP contribution is 2.30. The summed E-state index contributed by atoms with van der Waals surface area (Å²) in [4.78, 5) is 12.9. The van der Waals surface area contributed by atoms with E-state index in [1.165, 1.54) is 19.3 Å². The summed E-state index contributed by atoms with van der Waals surface area (Å²) in [5, 5.41) is 3.29. The first-order valence-electron chi connectivity index (χ1n) is 10.7. The number of carbonyl (C=O) groups excluding carboxylic acids is 1. The maximum Gasteiger partial charge on any atom is 0.240 e. The van der Waals surface area contributed by atoms with Gasteiger partial charge in [0.05, 0.1) is 4.90 Å². The number of hydrogen-bond donors (Lipinski definition) is 2. The first kappa shape index (κ1) is 21.3. The molecule has 2 atom stereocenters. The largest absolute Gasteiger partial charge is 0.353 e. The van der Waals surface area contributed by atoms with Crippen LogP contribution in [0.3, 0.4) is 0 Å². The fraction of sp³-hybridized carbons (Fsp3) is 0.682. The average Bonchev–Trinajstić information content (AvgIpc) is 2.69. The molecular formula is C22H34N2O3S. The molecule has 28 heavy (non-hydrogen) atoms. The summed E-state index contributed by atoms with van der Waals surface area (Å²) in [7, 11) is -3.46. The number of amides is 1. The van der Waals surface area contributed by atoms with Crippen LogP contribution in [0.4, 0.5) is 0 Å². The van der Waals surface area contributed by atoms with Crippen molar-refractivity contribution in [1.82, 2.24) is 10.0 Å². The number of carbonyl (C=O) groups is 1. The minimum absolute atomic E-state index is 0.0825. The summed E-state index contributed by atoms with van der Waals surface area (Å²) in [5.74, 6) is 1.17. The van der Waals surface area contributed by atoms with Crippen LogP contribution in [0.1, 0.15) is 63.9 Å². The lowest BCUT2D eigenvalue weighted by Gasteiger charge is -2.33. The highest BCUT2D eigenvalue weighted by Gasteiger charge is 2.30. The average molecular weight is 407 g/mol. The fourth-order valence-electron chi connectivity index (χ4n) is 4.49. The second kappa shape index (κ2) is 9.40. The number of aryl methyl sites for hydroxylation is 1. The first-order valence-corrected chi connectivity index (χ1v) is 12.2. The van der Waals surface area contributed by atoms with Crippen LogP contribution < -0.4 is 10.0 Å². The van der Waals surface area contributed by atoms with E-state index in [0.29, 0.717) is 29.3 Å². The molecule has 0 saturated heterocycles. The smallest absolute Gasteiger partial charge is 0.240 e. The summed E-state index contributed by atoms with van der Waals surface area (Å²) < 4.78 is 27.6. The molecule has 156 valence electrons. The number of rotatable bonds is 6. The molecule has 0 bridgehead atoms. The van der Waals surface area contributed by atoms with Gasteiger partial charge in [-0.05, 0) is 69.4 Å². The van der Waals surface area contributed by atoms with Crippen molar-refractivity contribution in [3.05, 3.63) is 29.8 Å². The zero-order valence-corrected chi connectivity index (χ0v) is 17.9. The van der Waals surface area contributed by atoms with Crippen LogP contribution >= 0.6 is 0 Å². The Kier molecular flexibility index (Phi) is 7.15. The Labute approximate surface area is 169 Å². The van der Waals surface area contributed by atoms with Crippen molar-refractivity contribution in [2.45, 2.75) is 76.2 Å². The van der Waals surface area contributed by atoms with Crippen molar-refractivity contribution in [3.8, 4) is 0 Å². The molecule has 5 nitrogen and oxygen atoms in total. The van der Waals surface area contributed by atoms with Gasteiger partial charge in [-0.1, -0.05) is 37.5 Å². The van der Waals surface area contributed by atoms with Gasteiger partial charge in [0, 0.05) is 18.5 Å². The molecule has 0 aromatic heterocycles. The highest BCUT2D eigenvalue weighted by atomic mass is 32.2. The van der Waals surface area contributed by atoms with Gasteiger partial charge < -0.3 is 5.32 Å². The highest BCUT2D eigenvalue weighted by molar-refractivity contribution is 7.89. The molecule has 2 fully saturated rings. The lowest BCUT2D eigenvalue weighted by Crippen LogP contribution is -2.44. The van der Waals surface area contributed by atoms with Crippen LogP contribution in [0.5, 0.6) is 0 Å². The van der Waals surface area contributed by atoms with Crippen LogP contribution in [0.15, 0.2) is 29.2 Å². The van der Waals surface area contributed by atoms with Gasteiger partial charge >= 0.3 is 0 Å². The lowest BCUT2D eigenvalue weighted by atomic mass is 9.80. The van der Waals surface area contributed by atoms with E-state index in [1.807, 2.05) is 19.1 Å². The first-order chi connectivity index (χ1) is 13.3. The molecule has 1 aromatic rings. The summed E-state index contributed by atoms with van der Waals surface area (Å²) in [6.45, 7) is 4.62. The van der Waals surface area contributed by atoms with Crippen molar-refractivity contribution in [2.75, 3.05) is 6.54 Å². The Morgan fingerprint density at radius 1 is 1.00 bits per heavy atom. The van der Waals surface area contributed by atoms with E-state index >= 15 is 0 Å². The molecule has 1 amide bonds. The van der Waals surface area contributed by atoms with Gasteiger partial charge in [-0.3, -0.25) is 4.79 Å². The number of hydrogen-bond acceptors (Lipinski definition) is 3. The van der Waals surface area contributed by atoms with Crippen LogP contribution in [-0.4, -0.2) is 26.9 Å². The topological polar surface area (TPSA) is 75.3 Å². The maximum atomic E-state index is 12.6. The molecule has 0 aliphatic heterocycles. The number of sulfonamides is 1. The normalized spacial score (nSPS) is 28.6. The van der Waals surface area contributed by atoms with E-state index in [0.717, 1.165) is 37.7 Å². The van der Waals surface area contributed by atoms with Gasteiger partial charge in [0.2, 0.25) is 15.9 Å². The molecule has 6 heteroatoms. The van der Waals surface area contributed by atoms with E-state index in [4.69, 9.17) is 0 Å². The monoisotopic (exact) mass is 406 g/mol. The zero-order chi connectivity index (χ0) is 20.1. The van der Waals surface area contributed by atoms with Crippen LogP contribution in [0.2, 0.25) is 0 Å². The molecule has 0 radical (unpaired) electrons. The standard InChI is InChI=1S/C22H34N2O3S/c1-16-7-13-20(14-8-16)28(26,27)23-15-18-9-11-19(12-10-18)22(25)24-21-6-4-3-5-17(21)2/h7-8,13-14,17-19,21,23H,3-6,9-12,15H2,1-2H3,(H,24,25). The van der Waals surface area contributed by atoms with Crippen molar-refractivity contribution in [1.29, 1.82) is 0 Å². The SMILES string of the molecule is Cc1ccc(S(=O)(=O)NCC2CCC(C(=O)NC3CCCCC3C)CC2)cc1. The molecule has 0 heterocycles. The third kappa shape index (κ3) is 5.57. The Balaban J connectivity index is 1.43. The van der Waals surface area contributed by atoms with Gasteiger partial charge in [0.25, 0.3) is 0 Å². The van der Waals surface area contributed by atoms with E-state index < -0.39 is 10.0 Å². The van der Waals surface area contributed by atoms with Crippen molar-refractivity contribution < 1.29 is 13.2 Å². The summed E-state index contributed by atoms with van der Waals surface area (Å²) in [6, 6.07) is 7.24. The lowest BCUT2D eigenvalue weighted by molar-refractivity contribution is -0.127. The molecule has 0 spiro atoms. The quantitative estimate of drug-likeness (QED) is 0.755. The summed E-state index contributed by atoms with van der Waals surface area (Å²) in [6.07, 6.45) is 8.29. The second-order valence-corrected chi connectivity index (χ2v) is 10.5. The van der Waals surface area contributed by atoms with Crippen LogP contribution in [0.25, 0.3) is 0 Å².